The van der Waals surface area contributed by atoms with Gasteiger partial charge in [-0.1, -0.05) is 38.8 Å². The van der Waals surface area contributed by atoms with Crippen molar-refractivity contribution in [3.05, 3.63) is 29.3 Å². The number of benzene rings is 1. The van der Waals surface area contributed by atoms with Crippen molar-refractivity contribution in [2.45, 2.75) is 39.5 Å². The molecule has 0 heterocycles. The van der Waals surface area contributed by atoms with Gasteiger partial charge in [-0.25, -0.2) is 0 Å². The van der Waals surface area contributed by atoms with Gasteiger partial charge in [0.1, 0.15) is 5.75 Å². The van der Waals surface area contributed by atoms with Crippen molar-refractivity contribution in [1.29, 1.82) is 0 Å². The Labute approximate surface area is 103 Å². The second kappa shape index (κ2) is 5.35. The lowest BCUT2D eigenvalue weighted by atomic mass is 10.1. The lowest BCUT2D eigenvalue weighted by Gasteiger charge is -2.15. The zero-order chi connectivity index (χ0) is 12.3. The Balaban J connectivity index is 2.10. The third kappa shape index (κ3) is 2.51. The molecule has 2 rings (SSSR count). The molecule has 0 aliphatic heterocycles. The van der Waals surface area contributed by atoms with Crippen LogP contribution in [0.3, 0.4) is 0 Å². The fraction of sp³-hybridized carbons (Fsp3) is 0.533. The van der Waals surface area contributed by atoms with E-state index in [1.807, 2.05) is 18.2 Å². The fourth-order valence-corrected chi connectivity index (χ4v) is 2.33. The summed E-state index contributed by atoms with van der Waals surface area (Å²) in [5.41, 5.74) is 1.98. The van der Waals surface area contributed by atoms with Crippen molar-refractivity contribution in [1.82, 2.24) is 0 Å². The van der Waals surface area contributed by atoms with Gasteiger partial charge in [0.05, 0.1) is 6.61 Å². The monoisotopic (exact) mass is 232 g/mol. The summed E-state index contributed by atoms with van der Waals surface area (Å²) in [4.78, 5) is 11.6. The summed E-state index contributed by atoms with van der Waals surface area (Å²) in [5.74, 6) is 1.79. The Hall–Kier alpha value is -1.31. The quantitative estimate of drug-likeness (QED) is 0.775. The van der Waals surface area contributed by atoms with Crippen LogP contribution in [-0.4, -0.2) is 12.4 Å². The van der Waals surface area contributed by atoms with Crippen molar-refractivity contribution in [2.75, 3.05) is 6.61 Å². The summed E-state index contributed by atoms with van der Waals surface area (Å²) in [6.07, 6.45) is 3.77. The van der Waals surface area contributed by atoms with Gasteiger partial charge in [-0.15, -0.1) is 0 Å². The van der Waals surface area contributed by atoms with E-state index in [1.165, 1.54) is 0 Å². The maximum absolute atomic E-state index is 11.6. The van der Waals surface area contributed by atoms with E-state index in [2.05, 4.69) is 13.8 Å². The number of ether oxygens (including phenoxy) is 1. The minimum atomic E-state index is 0.257. The molecule has 0 saturated heterocycles. The smallest absolute Gasteiger partial charge is 0.163 e. The molecule has 0 spiro atoms. The van der Waals surface area contributed by atoms with Crippen LogP contribution in [0, 0.1) is 5.92 Å². The molecule has 1 aromatic carbocycles. The first kappa shape index (κ1) is 12.2. The highest BCUT2D eigenvalue weighted by atomic mass is 16.5. The van der Waals surface area contributed by atoms with Crippen LogP contribution >= 0.6 is 0 Å². The Morgan fingerprint density at radius 1 is 1.24 bits per heavy atom. The Morgan fingerprint density at radius 3 is 2.71 bits per heavy atom. The van der Waals surface area contributed by atoms with Crippen LogP contribution < -0.4 is 4.74 Å². The lowest BCUT2D eigenvalue weighted by molar-refractivity contribution is 0.0994. The molecule has 1 aliphatic rings. The van der Waals surface area contributed by atoms with Gasteiger partial charge >= 0.3 is 0 Å². The average Bonchev–Trinajstić information content (AvgIpc) is 2.73. The van der Waals surface area contributed by atoms with Gasteiger partial charge in [0.15, 0.2) is 5.78 Å². The van der Waals surface area contributed by atoms with Crippen molar-refractivity contribution in [3.63, 3.8) is 0 Å². The van der Waals surface area contributed by atoms with E-state index in [0.717, 1.165) is 42.7 Å². The number of Topliss-reactive ketones (excluding diaryl/α,β-unsaturated/α-hetero) is 1. The molecule has 0 unspecified atom stereocenters. The van der Waals surface area contributed by atoms with E-state index in [4.69, 9.17) is 4.74 Å². The van der Waals surface area contributed by atoms with Crippen LogP contribution in [0.2, 0.25) is 0 Å². The molecule has 0 amide bonds. The van der Waals surface area contributed by atoms with Crippen molar-refractivity contribution >= 4 is 5.78 Å². The number of fused-ring (bicyclic) bond motifs is 1. The van der Waals surface area contributed by atoms with Gasteiger partial charge in [-0.2, -0.15) is 0 Å². The molecular formula is C15H20O2. The second-order valence-electron chi connectivity index (χ2n) is 4.70. The molecule has 0 saturated carbocycles. The summed E-state index contributed by atoms with van der Waals surface area (Å²) < 4.78 is 5.89. The molecule has 0 aromatic heterocycles. The maximum Gasteiger partial charge on any atom is 0.163 e. The largest absolute Gasteiger partial charge is 0.493 e. The van der Waals surface area contributed by atoms with E-state index >= 15 is 0 Å². The molecular weight excluding hydrogens is 212 g/mol. The van der Waals surface area contributed by atoms with Crippen LogP contribution in [0.5, 0.6) is 5.75 Å². The molecule has 17 heavy (non-hydrogen) atoms. The normalized spacial score (nSPS) is 14.2. The van der Waals surface area contributed by atoms with Gasteiger partial charge in [-0.05, 0) is 18.4 Å². The van der Waals surface area contributed by atoms with E-state index in [9.17, 15) is 4.79 Å². The zero-order valence-corrected chi connectivity index (χ0v) is 10.7. The molecule has 2 nitrogen and oxygen atoms in total. The first-order chi connectivity index (χ1) is 8.26. The average molecular weight is 232 g/mol. The lowest BCUT2D eigenvalue weighted by Crippen LogP contribution is -2.11. The standard InChI is InChI=1S/C15H20O2/c1-3-11(4-2)10-17-15-7-5-6-12-13(15)8-9-14(12)16/h5-7,11H,3-4,8-10H2,1-2H3. The van der Waals surface area contributed by atoms with Gasteiger partial charge in [0.2, 0.25) is 0 Å². The Morgan fingerprint density at radius 2 is 2.00 bits per heavy atom. The van der Waals surface area contributed by atoms with Gasteiger partial charge < -0.3 is 4.74 Å². The highest BCUT2D eigenvalue weighted by molar-refractivity contribution is 6.01. The highest BCUT2D eigenvalue weighted by Gasteiger charge is 2.22. The number of ketones is 1. The molecule has 0 bridgehead atoms. The Kier molecular flexibility index (Phi) is 3.82. The van der Waals surface area contributed by atoms with Crippen LogP contribution in [-0.2, 0) is 6.42 Å². The van der Waals surface area contributed by atoms with E-state index < -0.39 is 0 Å². The van der Waals surface area contributed by atoms with Crippen LogP contribution in [0.4, 0.5) is 0 Å². The van der Waals surface area contributed by atoms with Crippen LogP contribution in [0.25, 0.3) is 0 Å². The van der Waals surface area contributed by atoms with Gasteiger partial charge in [-0.3, -0.25) is 4.79 Å². The summed E-state index contributed by atoms with van der Waals surface area (Å²) in [7, 11) is 0. The van der Waals surface area contributed by atoms with Crippen molar-refractivity contribution in [3.8, 4) is 5.75 Å². The summed E-state index contributed by atoms with van der Waals surface area (Å²) in [6.45, 7) is 5.14. The van der Waals surface area contributed by atoms with E-state index in [-0.39, 0.29) is 5.78 Å². The molecule has 0 atom stereocenters. The van der Waals surface area contributed by atoms with Crippen LogP contribution in [0.15, 0.2) is 18.2 Å². The van der Waals surface area contributed by atoms with Gasteiger partial charge in [0, 0.05) is 17.5 Å². The number of hydrogen-bond acceptors (Lipinski definition) is 2. The first-order valence-corrected chi connectivity index (χ1v) is 6.54. The molecule has 92 valence electrons. The molecule has 1 aliphatic carbocycles. The minimum absolute atomic E-state index is 0.257. The number of carbonyl (C=O) groups is 1. The predicted molar refractivity (Wildman–Crippen MR) is 68.7 cm³/mol. The highest BCUT2D eigenvalue weighted by Crippen LogP contribution is 2.30. The first-order valence-electron chi connectivity index (χ1n) is 6.54. The summed E-state index contributed by atoms with van der Waals surface area (Å²) in [5, 5.41) is 0. The van der Waals surface area contributed by atoms with E-state index in [0.29, 0.717) is 12.3 Å². The Bertz CT molecular complexity index is 405. The van der Waals surface area contributed by atoms with Gasteiger partial charge in [0.25, 0.3) is 0 Å². The van der Waals surface area contributed by atoms with Crippen LogP contribution in [0.1, 0.15) is 49.0 Å². The molecule has 0 fully saturated rings. The topological polar surface area (TPSA) is 26.3 Å². The minimum Gasteiger partial charge on any atom is -0.493 e. The summed E-state index contributed by atoms with van der Waals surface area (Å²) in [6, 6.07) is 5.82. The number of carbonyl (C=O) groups excluding carboxylic acids is 1. The predicted octanol–water partition coefficient (Wildman–Crippen LogP) is 3.63. The summed E-state index contributed by atoms with van der Waals surface area (Å²) >= 11 is 0. The zero-order valence-electron chi connectivity index (χ0n) is 10.7. The molecule has 0 N–H and O–H groups in total. The fourth-order valence-electron chi connectivity index (χ4n) is 2.33. The second-order valence-corrected chi connectivity index (χ2v) is 4.70. The third-order valence-corrected chi connectivity index (χ3v) is 3.66. The number of rotatable bonds is 5. The molecule has 0 radical (unpaired) electrons. The third-order valence-electron chi connectivity index (χ3n) is 3.66. The van der Waals surface area contributed by atoms with Crippen molar-refractivity contribution in [2.24, 2.45) is 5.92 Å². The molecule has 2 heteroatoms. The number of hydrogen-bond donors (Lipinski definition) is 0. The van der Waals surface area contributed by atoms with Crippen molar-refractivity contribution < 1.29 is 9.53 Å². The maximum atomic E-state index is 11.6. The molecule has 1 aromatic rings. The SMILES string of the molecule is CCC(CC)COc1cccc2c1CCC2=O. The van der Waals surface area contributed by atoms with E-state index in [1.54, 1.807) is 0 Å².